The van der Waals surface area contributed by atoms with Gasteiger partial charge in [0.25, 0.3) is 5.69 Å². The van der Waals surface area contributed by atoms with Crippen LogP contribution in [0.2, 0.25) is 0 Å². The zero-order valence-electron chi connectivity index (χ0n) is 7.38. The Kier molecular flexibility index (Phi) is 2.79. The highest BCUT2D eigenvalue weighted by Crippen LogP contribution is 2.30. The molecule has 0 aromatic carbocycles. The fourth-order valence-electron chi connectivity index (χ4n) is 1.19. The summed E-state index contributed by atoms with van der Waals surface area (Å²) in [5.74, 6) is 0. The van der Waals surface area contributed by atoms with Gasteiger partial charge in [0.2, 0.25) is 0 Å². The maximum Gasteiger partial charge on any atom is 0.296 e. The maximum absolute atomic E-state index is 10.8. The molecule has 0 bridgehead atoms. The van der Waals surface area contributed by atoms with E-state index in [0.717, 1.165) is 5.56 Å². The average molecular weight is 285 g/mol. The molecule has 0 spiro atoms. The second-order valence-electron chi connectivity index (χ2n) is 2.79. The number of thiophene rings is 1. The number of nitro groups is 1. The van der Waals surface area contributed by atoms with Crippen molar-refractivity contribution in [3.63, 3.8) is 0 Å². The minimum atomic E-state index is -0.426. The summed E-state index contributed by atoms with van der Waals surface area (Å²) < 4.78 is 0.605. The molecule has 2 aromatic rings. The Morgan fingerprint density at radius 1 is 1.53 bits per heavy atom. The van der Waals surface area contributed by atoms with E-state index in [2.05, 4.69) is 20.9 Å². The van der Waals surface area contributed by atoms with Gasteiger partial charge in [0.05, 0.1) is 4.92 Å². The highest BCUT2D eigenvalue weighted by Gasteiger charge is 2.17. The van der Waals surface area contributed by atoms with Crippen molar-refractivity contribution in [3.8, 4) is 11.3 Å². The van der Waals surface area contributed by atoms with Gasteiger partial charge in [-0.3, -0.25) is 10.1 Å². The highest BCUT2D eigenvalue weighted by molar-refractivity contribution is 9.10. The first-order valence-electron chi connectivity index (χ1n) is 4.01. The Bertz CT molecular complexity index is 499. The van der Waals surface area contributed by atoms with Crippen LogP contribution in [-0.4, -0.2) is 9.91 Å². The van der Waals surface area contributed by atoms with Gasteiger partial charge in [0.15, 0.2) is 0 Å². The molecule has 0 saturated heterocycles. The number of nitrogens with zero attached hydrogens (tertiary/aromatic N) is 2. The van der Waals surface area contributed by atoms with E-state index in [-0.39, 0.29) is 5.69 Å². The van der Waals surface area contributed by atoms with Crippen molar-refractivity contribution in [3.05, 3.63) is 43.7 Å². The standard InChI is InChI=1S/C9H5BrN2O2S/c10-7-3-8(12(13)14)9(11-4-7)6-1-2-15-5-6/h1-5H. The summed E-state index contributed by atoms with van der Waals surface area (Å²) in [6, 6.07) is 3.27. The monoisotopic (exact) mass is 284 g/mol. The molecule has 0 N–H and O–H groups in total. The first kappa shape index (κ1) is 10.3. The van der Waals surface area contributed by atoms with E-state index in [4.69, 9.17) is 0 Å². The minimum absolute atomic E-state index is 0.0165. The molecule has 2 heterocycles. The van der Waals surface area contributed by atoms with Gasteiger partial charge >= 0.3 is 0 Å². The van der Waals surface area contributed by atoms with E-state index in [1.807, 2.05) is 16.8 Å². The van der Waals surface area contributed by atoms with Crippen molar-refractivity contribution in [2.75, 3.05) is 0 Å². The van der Waals surface area contributed by atoms with Gasteiger partial charge in [0, 0.05) is 27.7 Å². The molecule has 0 saturated carbocycles. The fraction of sp³-hybridized carbons (Fsp3) is 0. The van der Waals surface area contributed by atoms with Gasteiger partial charge in [-0.2, -0.15) is 11.3 Å². The van der Waals surface area contributed by atoms with Crippen LogP contribution in [0.4, 0.5) is 5.69 Å². The summed E-state index contributed by atoms with van der Waals surface area (Å²) in [5.41, 5.74) is 1.20. The van der Waals surface area contributed by atoms with Crippen LogP contribution in [0.25, 0.3) is 11.3 Å². The van der Waals surface area contributed by atoms with Crippen LogP contribution in [0.5, 0.6) is 0 Å². The topological polar surface area (TPSA) is 56.0 Å². The summed E-state index contributed by atoms with van der Waals surface area (Å²) in [7, 11) is 0. The van der Waals surface area contributed by atoms with Gasteiger partial charge < -0.3 is 0 Å². The van der Waals surface area contributed by atoms with Crippen LogP contribution in [0.15, 0.2) is 33.6 Å². The molecular weight excluding hydrogens is 280 g/mol. The molecule has 2 aromatic heterocycles. The predicted molar refractivity (Wildman–Crippen MR) is 61.9 cm³/mol. The van der Waals surface area contributed by atoms with Crippen molar-refractivity contribution in [2.24, 2.45) is 0 Å². The van der Waals surface area contributed by atoms with Crippen molar-refractivity contribution >= 4 is 33.0 Å². The largest absolute Gasteiger partial charge is 0.296 e. The zero-order valence-corrected chi connectivity index (χ0v) is 9.79. The Hall–Kier alpha value is -1.27. The molecule has 0 aliphatic heterocycles. The maximum atomic E-state index is 10.8. The quantitative estimate of drug-likeness (QED) is 0.627. The summed E-state index contributed by atoms with van der Waals surface area (Å²) in [5, 5.41) is 14.5. The van der Waals surface area contributed by atoms with E-state index >= 15 is 0 Å². The van der Waals surface area contributed by atoms with Gasteiger partial charge in [-0.1, -0.05) is 0 Å². The summed E-state index contributed by atoms with van der Waals surface area (Å²) in [4.78, 5) is 14.5. The van der Waals surface area contributed by atoms with Crippen molar-refractivity contribution in [1.29, 1.82) is 0 Å². The summed E-state index contributed by atoms with van der Waals surface area (Å²) in [6.07, 6.45) is 1.56. The molecule has 0 atom stereocenters. The first-order valence-corrected chi connectivity index (χ1v) is 5.74. The zero-order chi connectivity index (χ0) is 10.8. The van der Waals surface area contributed by atoms with E-state index < -0.39 is 4.92 Å². The number of pyridine rings is 1. The van der Waals surface area contributed by atoms with Crippen molar-refractivity contribution in [1.82, 2.24) is 4.98 Å². The van der Waals surface area contributed by atoms with Crippen LogP contribution in [-0.2, 0) is 0 Å². The predicted octanol–water partition coefficient (Wildman–Crippen LogP) is 3.48. The van der Waals surface area contributed by atoms with Crippen LogP contribution in [0, 0.1) is 10.1 Å². The number of rotatable bonds is 2. The molecule has 0 aliphatic carbocycles. The smallest absolute Gasteiger partial charge is 0.258 e. The second kappa shape index (κ2) is 4.08. The molecule has 0 radical (unpaired) electrons. The van der Waals surface area contributed by atoms with E-state index in [0.29, 0.717) is 10.2 Å². The van der Waals surface area contributed by atoms with E-state index in [9.17, 15) is 10.1 Å². The lowest BCUT2D eigenvalue weighted by Gasteiger charge is -1.99. The van der Waals surface area contributed by atoms with Crippen LogP contribution < -0.4 is 0 Å². The molecule has 0 fully saturated rings. The Morgan fingerprint density at radius 3 is 2.93 bits per heavy atom. The molecule has 0 amide bonds. The number of hydrogen-bond donors (Lipinski definition) is 0. The van der Waals surface area contributed by atoms with Gasteiger partial charge in [-0.15, -0.1) is 0 Å². The van der Waals surface area contributed by atoms with Crippen LogP contribution in [0.3, 0.4) is 0 Å². The van der Waals surface area contributed by atoms with Gasteiger partial charge in [-0.05, 0) is 27.4 Å². The third kappa shape index (κ3) is 2.05. The molecule has 76 valence electrons. The Morgan fingerprint density at radius 2 is 2.33 bits per heavy atom. The fourth-order valence-corrected chi connectivity index (χ4v) is 2.15. The van der Waals surface area contributed by atoms with Crippen molar-refractivity contribution in [2.45, 2.75) is 0 Å². The lowest BCUT2D eigenvalue weighted by molar-refractivity contribution is -0.384. The summed E-state index contributed by atoms with van der Waals surface area (Å²) >= 11 is 4.65. The number of halogens is 1. The first-order chi connectivity index (χ1) is 7.18. The highest BCUT2D eigenvalue weighted by atomic mass is 79.9. The molecule has 0 aliphatic rings. The Balaban J connectivity index is 2.61. The number of hydrogen-bond acceptors (Lipinski definition) is 4. The second-order valence-corrected chi connectivity index (χ2v) is 4.49. The van der Waals surface area contributed by atoms with E-state index in [1.165, 1.54) is 17.4 Å². The summed E-state index contributed by atoms with van der Waals surface area (Å²) in [6.45, 7) is 0. The lowest BCUT2D eigenvalue weighted by Crippen LogP contribution is -1.93. The normalized spacial score (nSPS) is 10.2. The average Bonchev–Trinajstić information content (AvgIpc) is 2.70. The molecule has 15 heavy (non-hydrogen) atoms. The third-order valence-corrected chi connectivity index (χ3v) is 2.94. The molecule has 4 nitrogen and oxygen atoms in total. The minimum Gasteiger partial charge on any atom is -0.258 e. The molecular formula is C9H5BrN2O2S. The molecule has 0 unspecified atom stereocenters. The molecule has 6 heteroatoms. The number of aromatic nitrogens is 1. The third-order valence-electron chi connectivity index (χ3n) is 1.83. The van der Waals surface area contributed by atoms with Crippen LogP contribution >= 0.6 is 27.3 Å². The van der Waals surface area contributed by atoms with E-state index in [1.54, 1.807) is 6.20 Å². The van der Waals surface area contributed by atoms with Crippen LogP contribution in [0.1, 0.15) is 0 Å². The lowest BCUT2D eigenvalue weighted by atomic mass is 10.2. The van der Waals surface area contributed by atoms with Crippen molar-refractivity contribution < 1.29 is 4.92 Å². The molecule has 2 rings (SSSR count). The SMILES string of the molecule is O=[N+]([O-])c1cc(Br)cnc1-c1ccsc1. The Labute approximate surface area is 97.9 Å². The van der Waals surface area contributed by atoms with Gasteiger partial charge in [-0.25, -0.2) is 4.98 Å². The van der Waals surface area contributed by atoms with Gasteiger partial charge in [0.1, 0.15) is 5.69 Å².